The highest BCUT2D eigenvalue weighted by molar-refractivity contribution is 5.77. The van der Waals surface area contributed by atoms with E-state index in [-0.39, 0.29) is 5.91 Å². The molecule has 4 heteroatoms. The predicted molar refractivity (Wildman–Crippen MR) is 82.1 cm³/mol. The fraction of sp³-hybridized carbons (Fsp3) is 0.588. The Morgan fingerprint density at radius 3 is 2.90 bits per heavy atom. The Labute approximate surface area is 126 Å². The molecule has 2 aliphatic rings. The Hall–Kier alpha value is -1.55. The third-order valence-corrected chi connectivity index (χ3v) is 5.07. The smallest absolute Gasteiger partial charge is 0.222 e. The molecule has 21 heavy (non-hydrogen) atoms. The third kappa shape index (κ3) is 2.91. The van der Waals surface area contributed by atoms with Gasteiger partial charge in [-0.3, -0.25) is 4.79 Å². The van der Waals surface area contributed by atoms with Gasteiger partial charge in [0.15, 0.2) is 0 Å². The third-order valence-electron chi connectivity index (χ3n) is 5.07. The molecule has 1 aromatic carbocycles. The number of hydrogen-bond donors (Lipinski definition) is 1. The van der Waals surface area contributed by atoms with Crippen molar-refractivity contribution >= 4 is 5.91 Å². The number of carbonyl (C=O) groups excluding carboxylic acids is 1. The fourth-order valence-corrected chi connectivity index (χ4v) is 3.82. The summed E-state index contributed by atoms with van der Waals surface area (Å²) in [7, 11) is 1.67. The molecule has 1 aliphatic heterocycles. The van der Waals surface area contributed by atoms with E-state index < -0.39 is 0 Å². The number of ether oxygens (including phenoxy) is 1. The van der Waals surface area contributed by atoms with Crippen molar-refractivity contribution in [3.05, 3.63) is 29.8 Å². The first-order chi connectivity index (χ1) is 10.2. The van der Waals surface area contributed by atoms with Crippen molar-refractivity contribution in [1.82, 2.24) is 4.90 Å². The second-order valence-electron chi connectivity index (χ2n) is 6.28. The van der Waals surface area contributed by atoms with Crippen LogP contribution in [0.4, 0.5) is 0 Å². The lowest BCUT2D eigenvalue weighted by Crippen LogP contribution is -2.33. The minimum atomic E-state index is 0.252. The van der Waals surface area contributed by atoms with Gasteiger partial charge in [0.1, 0.15) is 5.75 Å². The van der Waals surface area contributed by atoms with Crippen molar-refractivity contribution in [3.63, 3.8) is 0 Å². The largest absolute Gasteiger partial charge is 0.496 e. The fourth-order valence-electron chi connectivity index (χ4n) is 3.82. The number of fused-ring (bicyclic) bond motifs is 1. The monoisotopic (exact) mass is 288 g/mol. The molecule has 0 spiro atoms. The van der Waals surface area contributed by atoms with Crippen molar-refractivity contribution in [1.29, 1.82) is 0 Å². The summed E-state index contributed by atoms with van der Waals surface area (Å²) in [5, 5.41) is 0. The molecule has 2 fully saturated rings. The van der Waals surface area contributed by atoms with Gasteiger partial charge in [-0.25, -0.2) is 0 Å². The first-order valence-electron chi connectivity index (χ1n) is 7.84. The van der Waals surface area contributed by atoms with Crippen LogP contribution in [0, 0.1) is 11.8 Å². The summed E-state index contributed by atoms with van der Waals surface area (Å²) in [4.78, 5) is 14.4. The van der Waals surface area contributed by atoms with Gasteiger partial charge in [-0.15, -0.1) is 0 Å². The number of carbonyl (C=O) groups is 1. The van der Waals surface area contributed by atoms with Crippen molar-refractivity contribution in [3.8, 4) is 5.75 Å². The Morgan fingerprint density at radius 2 is 2.14 bits per heavy atom. The van der Waals surface area contributed by atoms with E-state index in [2.05, 4.69) is 0 Å². The van der Waals surface area contributed by atoms with E-state index in [0.29, 0.717) is 24.3 Å². The zero-order valence-corrected chi connectivity index (χ0v) is 12.6. The Balaban J connectivity index is 1.55. The SMILES string of the molecule is COc1ccccc1CCC(=O)N1CC2CCC(N)C2C1. The quantitative estimate of drug-likeness (QED) is 0.919. The molecule has 3 rings (SSSR count). The first-order valence-corrected chi connectivity index (χ1v) is 7.84. The minimum Gasteiger partial charge on any atom is -0.496 e. The number of aryl methyl sites for hydroxylation is 1. The minimum absolute atomic E-state index is 0.252. The highest BCUT2D eigenvalue weighted by Gasteiger charge is 2.42. The van der Waals surface area contributed by atoms with Crippen molar-refractivity contribution in [2.75, 3.05) is 20.2 Å². The number of hydrogen-bond acceptors (Lipinski definition) is 3. The molecule has 1 saturated carbocycles. The van der Waals surface area contributed by atoms with Crippen LogP contribution < -0.4 is 10.5 Å². The molecule has 2 N–H and O–H groups in total. The lowest BCUT2D eigenvalue weighted by molar-refractivity contribution is -0.130. The van der Waals surface area contributed by atoms with Crippen LogP contribution in [0.2, 0.25) is 0 Å². The van der Waals surface area contributed by atoms with Gasteiger partial charge in [0.25, 0.3) is 0 Å². The predicted octanol–water partition coefficient (Wildman–Crippen LogP) is 1.82. The average Bonchev–Trinajstić information content (AvgIpc) is 3.07. The van der Waals surface area contributed by atoms with Gasteiger partial charge < -0.3 is 15.4 Å². The molecular weight excluding hydrogens is 264 g/mol. The normalized spacial score (nSPS) is 27.7. The summed E-state index contributed by atoms with van der Waals surface area (Å²) < 4.78 is 5.34. The van der Waals surface area contributed by atoms with Crippen LogP contribution in [0.3, 0.4) is 0 Å². The number of para-hydroxylation sites is 1. The van der Waals surface area contributed by atoms with Crippen LogP contribution >= 0.6 is 0 Å². The highest BCUT2D eigenvalue weighted by atomic mass is 16.5. The number of amides is 1. The maximum Gasteiger partial charge on any atom is 0.222 e. The van der Waals surface area contributed by atoms with E-state index in [1.54, 1.807) is 7.11 Å². The van der Waals surface area contributed by atoms with Crippen LogP contribution in [0.1, 0.15) is 24.8 Å². The molecule has 114 valence electrons. The number of likely N-dealkylation sites (tertiary alicyclic amines) is 1. The summed E-state index contributed by atoms with van der Waals surface area (Å²) in [6.45, 7) is 1.76. The molecule has 1 aliphatic carbocycles. The summed E-state index contributed by atoms with van der Waals surface area (Å²) in [6, 6.07) is 8.20. The standard InChI is InChI=1S/C17H24N2O2/c1-21-16-5-3-2-4-12(16)7-9-17(20)19-10-13-6-8-15(18)14(13)11-19/h2-5,13-15H,6-11,18H2,1H3. The Bertz CT molecular complexity index is 517. The first kappa shape index (κ1) is 14.4. The average molecular weight is 288 g/mol. The summed E-state index contributed by atoms with van der Waals surface area (Å²) in [5.74, 6) is 2.28. The van der Waals surface area contributed by atoms with Crippen LogP contribution in [0.25, 0.3) is 0 Å². The van der Waals surface area contributed by atoms with Gasteiger partial charge in [0, 0.05) is 25.6 Å². The summed E-state index contributed by atoms with van der Waals surface area (Å²) in [5.41, 5.74) is 7.23. The lowest BCUT2D eigenvalue weighted by atomic mass is 9.98. The number of benzene rings is 1. The van der Waals surface area contributed by atoms with Crippen LogP contribution in [0.5, 0.6) is 5.75 Å². The summed E-state index contributed by atoms with van der Waals surface area (Å²) in [6.07, 6.45) is 3.59. The molecule has 1 saturated heterocycles. The molecule has 3 atom stereocenters. The number of nitrogens with two attached hydrogens (primary N) is 1. The van der Waals surface area contributed by atoms with E-state index in [1.165, 1.54) is 6.42 Å². The van der Waals surface area contributed by atoms with Gasteiger partial charge >= 0.3 is 0 Å². The van der Waals surface area contributed by atoms with E-state index in [4.69, 9.17) is 10.5 Å². The second-order valence-corrected chi connectivity index (χ2v) is 6.28. The molecule has 0 radical (unpaired) electrons. The van der Waals surface area contributed by atoms with Gasteiger partial charge in [0.2, 0.25) is 5.91 Å². The van der Waals surface area contributed by atoms with Gasteiger partial charge in [-0.1, -0.05) is 18.2 Å². The molecule has 4 nitrogen and oxygen atoms in total. The zero-order valence-electron chi connectivity index (χ0n) is 12.6. The van der Waals surface area contributed by atoms with Gasteiger partial charge in [-0.2, -0.15) is 0 Å². The Kier molecular flexibility index (Phi) is 4.15. The van der Waals surface area contributed by atoms with Gasteiger partial charge in [-0.05, 0) is 42.7 Å². The van der Waals surface area contributed by atoms with Crippen molar-refractivity contribution < 1.29 is 9.53 Å². The highest BCUT2D eigenvalue weighted by Crippen LogP contribution is 2.37. The van der Waals surface area contributed by atoms with Crippen LogP contribution in [-0.2, 0) is 11.2 Å². The van der Waals surface area contributed by atoms with Crippen molar-refractivity contribution in [2.45, 2.75) is 31.7 Å². The molecule has 0 bridgehead atoms. The number of methoxy groups -OCH3 is 1. The molecule has 1 amide bonds. The van der Waals surface area contributed by atoms with Crippen molar-refractivity contribution in [2.24, 2.45) is 17.6 Å². The van der Waals surface area contributed by atoms with E-state index >= 15 is 0 Å². The van der Waals surface area contributed by atoms with Crippen LogP contribution in [0.15, 0.2) is 24.3 Å². The second kappa shape index (κ2) is 6.06. The molecule has 0 aromatic heterocycles. The topological polar surface area (TPSA) is 55.6 Å². The van der Waals surface area contributed by atoms with E-state index in [0.717, 1.165) is 37.2 Å². The Morgan fingerprint density at radius 1 is 1.33 bits per heavy atom. The molecular formula is C17H24N2O2. The summed E-state index contributed by atoms with van der Waals surface area (Å²) >= 11 is 0. The zero-order chi connectivity index (χ0) is 14.8. The van der Waals surface area contributed by atoms with E-state index in [1.807, 2.05) is 29.2 Å². The maximum atomic E-state index is 12.4. The molecule has 1 aromatic rings. The van der Waals surface area contributed by atoms with Crippen LogP contribution in [-0.4, -0.2) is 37.0 Å². The lowest BCUT2D eigenvalue weighted by Gasteiger charge is -2.19. The van der Waals surface area contributed by atoms with Gasteiger partial charge in [0.05, 0.1) is 7.11 Å². The number of rotatable bonds is 4. The number of nitrogens with zero attached hydrogens (tertiary/aromatic N) is 1. The van der Waals surface area contributed by atoms with E-state index in [9.17, 15) is 4.79 Å². The molecule has 1 heterocycles. The maximum absolute atomic E-state index is 12.4. The molecule has 3 unspecified atom stereocenters.